The van der Waals surface area contributed by atoms with Crippen LogP contribution >= 0.6 is 0 Å². The van der Waals surface area contributed by atoms with E-state index in [2.05, 4.69) is 0 Å². The molecule has 0 saturated heterocycles. The summed E-state index contributed by atoms with van der Waals surface area (Å²) in [6.45, 7) is 7.49. The third-order valence-corrected chi connectivity index (χ3v) is 2.44. The largest absolute Gasteiger partial charge is 0.295 e. The predicted molar refractivity (Wildman–Crippen MR) is 63.9 cm³/mol. The average Bonchev–Trinajstić information content (AvgIpc) is 2.21. The van der Waals surface area contributed by atoms with Gasteiger partial charge in [-0.1, -0.05) is 33.8 Å². The van der Waals surface area contributed by atoms with Gasteiger partial charge in [0.1, 0.15) is 0 Å². The minimum atomic E-state index is -0.638. The number of hydrogen-bond donors (Lipinski definition) is 0. The molecule has 0 rings (SSSR count). The lowest BCUT2D eigenvalue weighted by Gasteiger charge is -2.10. The Bertz CT molecular complexity index is 282. The van der Waals surface area contributed by atoms with Gasteiger partial charge in [0.05, 0.1) is 0 Å². The number of carbonyl (C=O) groups is 1. The number of allylic oxidation sites excluding steroid dienone is 1. The van der Waals surface area contributed by atoms with E-state index in [-0.39, 0.29) is 23.0 Å². The summed E-state index contributed by atoms with van der Waals surface area (Å²) in [6, 6.07) is -0.638. The molecule has 1 atom stereocenters. The second-order valence-corrected chi connectivity index (χ2v) is 4.26. The van der Waals surface area contributed by atoms with E-state index in [1.807, 2.05) is 19.9 Å². The molecule has 0 aromatic carbocycles. The van der Waals surface area contributed by atoms with E-state index in [0.29, 0.717) is 18.4 Å². The van der Waals surface area contributed by atoms with Gasteiger partial charge in [-0.25, -0.2) is 0 Å². The molecule has 0 fully saturated rings. The Morgan fingerprint density at radius 1 is 1.38 bits per heavy atom. The third-order valence-electron chi connectivity index (χ3n) is 2.44. The van der Waals surface area contributed by atoms with Gasteiger partial charge < -0.3 is 0 Å². The first-order chi connectivity index (χ1) is 7.42. The lowest BCUT2D eigenvalue weighted by Crippen LogP contribution is -2.21. The summed E-state index contributed by atoms with van der Waals surface area (Å²) in [5.74, 6) is 0.267. The summed E-state index contributed by atoms with van der Waals surface area (Å²) in [7, 11) is 0. The molecular formula is C12H21NO3. The van der Waals surface area contributed by atoms with Crippen LogP contribution in [0, 0.1) is 16.0 Å². The topological polar surface area (TPSA) is 60.2 Å². The van der Waals surface area contributed by atoms with Crippen molar-refractivity contribution in [2.24, 2.45) is 5.92 Å². The molecule has 0 aromatic heterocycles. The Labute approximate surface area is 96.9 Å². The van der Waals surface area contributed by atoms with Gasteiger partial charge in [0.15, 0.2) is 5.78 Å². The second kappa shape index (κ2) is 7.14. The van der Waals surface area contributed by atoms with Crippen molar-refractivity contribution in [1.29, 1.82) is 0 Å². The van der Waals surface area contributed by atoms with Gasteiger partial charge in [0, 0.05) is 24.2 Å². The molecule has 0 amide bonds. The minimum absolute atomic E-state index is 0.0222. The monoisotopic (exact) mass is 227 g/mol. The predicted octanol–water partition coefficient (Wildman–Crippen LogP) is 2.99. The highest BCUT2D eigenvalue weighted by molar-refractivity contribution is 5.95. The molecule has 0 N–H and O–H groups in total. The lowest BCUT2D eigenvalue weighted by atomic mass is 9.96. The fraction of sp³-hybridized carbons (Fsp3) is 0.750. The molecule has 0 radical (unpaired) electrons. The van der Waals surface area contributed by atoms with Crippen molar-refractivity contribution in [3.8, 4) is 0 Å². The van der Waals surface area contributed by atoms with E-state index in [9.17, 15) is 14.9 Å². The van der Waals surface area contributed by atoms with E-state index in [1.54, 1.807) is 13.8 Å². The molecule has 0 saturated carbocycles. The standard InChI is InChI=1S/C12H21NO3/c1-5-11(13(15)16)8-10(7-9(3)4)12(14)6-2/h7,9,11H,5-6,8H2,1-4H3/b10-7+. The maximum Gasteiger partial charge on any atom is 0.217 e. The zero-order chi connectivity index (χ0) is 12.7. The second-order valence-electron chi connectivity index (χ2n) is 4.26. The van der Waals surface area contributed by atoms with Crippen LogP contribution in [-0.4, -0.2) is 16.7 Å². The van der Waals surface area contributed by atoms with Gasteiger partial charge in [-0.15, -0.1) is 0 Å². The van der Waals surface area contributed by atoms with Gasteiger partial charge in [-0.3, -0.25) is 14.9 Å². The average molecular weight is 227 g/mol. The maximum atomic E-state index is 11.6. The summed E-state index contributed by atoms with van der Waals surface area (Å²) in [6.07, 6.45) is 2.97. The summed E-state index contributed by atoms with van der Waals surface area (Å²) in [4.78, 5) is 22.1. The Balaban J connectivity index is 4.79. The summed E-state index contributed by atoms with van der Waals surface area (Å²) in [5, 5.41) is 10.7. The first-order valence-electron chi connectivity index (χ1n) is 5.79. The number of Topliss-reactive ketones (excluding diaryl/α,β-unsaturated/α-hetero) is 1. The van der Waals surface area contributed by atoms with Crippen LogP contribution in [0.3, 0.4) is 0 Å². The van der Waals surface area contributed by atoms with Crippen molar-refractivity contribution in [1.82, 2.24) is 0 Å². The van der Waals surface area contributed by atoms with Crippen LogP contribution in [-0.2, 0) is 4.79 Å². The molecule has 0 aliphatic rings. The van der Waals surface area contributed by atoms with E-state index < -0.39 is 6.04 Å². The van der Waals surface area contributed by atoms with E-state index in [4.69, 9.17) is 0 Å². The van der Waals surface area contributed by atoms with Crippen molar-refractivity contribution in [2.75, 3.05) is 0 Å². The van der Waals surface area contributed by atoms with Gasteiger partial charge >= 0.3 is 0 Å². The fourth-order valence-corrected chi connectivity index (χ4v) is 1.53. The van der Waals surface area contributed by atoms with Gasteiger partial charge in [0.25, 0.3) is 0 Å². The third kappa shape index (κ3) is 5.05. The zero-order valence-corrected chi connectivity index (χ0v) is 10.5. The first-order valence-corrected chi connectivity index (χ1v) is 5.79. The molecule has 0 aromatic rings. The Kier molecular flexibility index (Phi) is 6.61. The van der Waals surface area contributed by atoms with Gasteiger partial charge in [-0.05, 0) is 11.5 Å². The Hall–Kier alpha value is -1.19. The van der Waals surface area contributed by atoms with Gasteiger partial charge in [-0.2, -0.15) is 0 Å². The van der Waals surface area contributed by atoms with Crippen molar-refractivity contribution in [3.63, 3.8) is 0 Å². The van der Waals surface area contributed by atoms with Crippen LogP contribution in [0.25, 0.3) is 0 Å². The Morgan fingerprint density at radius 2 is 1.94 bits per heavy atom. The smallest absolute Gasteiger partial charge is 0.217 e. The number of nitrogens with zero attached hydrogens (tertiary/aromatic N) is 1. The molecule has 4 heteroatoms. The van der Waals surface area contributed by atoms with E-state index in [0.717, 1.165) is 0 Å². The molecule has 0 aliphatic carbocycles. The van der Waals surface area contributed by atoms with Crippen molar-refractivity contribution >= 4 is 5.78 Å². The molecule has 0 aliphatic heterocycles. The number of rotatable bonds is 7. The molecule has 0 heterocycles. The van der Waals surface area contributed by atoms with Crippen molar-refractivity contribution in [3.05, 3.63) is 21.8 Å². The van der Waals surface area contributed by atoms with Crippen LogP contribution in [0.5, 0.6) is 0 Å². The number of hydrogen-bond acceptors (Lipinski definition) is 3. The highest BCUT2D eigenvalue weighted by atomic mass is 16.6. The van der Waals surface area contributed by atoms with Crippen molar-refractivity contribution < 1.29 is 9.72 Å². The van der Waals surface area contributed by atoms with Crippen LogP contribution < -0.4 is 0 Å². The van der Waals surface area contributed by atoms with Crippen LogP contribution in [0.1, 0.15) is 47.0 Å². The zero-order valence-electron chi connectivity index (χ0n) is 10.5. The summed E-state index contributed by atoms with van der Waals surface area (Å²) < 4.78 is 0. The molecule has 0 spiro atoms. The normalized spacial score (nSPS) is 13.9. The highest BCUT2D eigenvalue weighted by Gasteiger charge is 2.22. The van der Waals surface area contributed by atoms with Crippen LogP contribution in [0.4, 0.5) is 0 Å². The fourth-order valence-electron chi connectivity index (χ4n) is 1.53. The number of carbonyl (C=O) groups excluding carboxylic acids is 1. The Morgan fingerprint density at radius 3 is 2.25 bits per heavy atom. The molecule has 1 unspecified atom stereocenters. The first kappa shape index (κ1) is 14.8. The SMILES string of the molecule is CCC(=O)/C(=C/C(C)C)CC(CC)[N+](=O)[O-]. The molecule has 92 valence electrons. The minimum Gasteiger partial charge on any atom is -0.295 e. The molecule has 4 nitrogen and oxygen atoms in total. The number of nitro groups is 1. The summed E-state index contributed by atoms with van der Waals surface area (Å²) in [5.41, 5.74) is 0.612. The van der Waals surface area contributed by atoms with Crippen molar-refractivity contribution in [2.45, 2.75) is 53.0 Å². The van der Waals surface area contributed by atoms with Crippen LogP contribution in [0.2, 0.25) is 0 Å². The van der Waals surface area contributed by atoms with E-state index >= 15 is 0 Å². The molecule has 16 heavy (non-hydrogen) atoms. The quantitative estimate of drug-likeness (QED) is 0.381. The van der Waals surface area contributed by atoms with E-state index in [1.165, 1.54) is 0 Å². The lowest BCUT2D eigenvalue weighted by molar-refractivity contribution is -0.522. The van der Waals surface area contributed by atoms with Crippen LogP contribution in [0.15, 0.2) is 11.6 Å². The molecular weight excluding hydrogens is 206 g/mol. The summed E-state index contributed by atoms with van der Waals surface area (Å²) >= 11 is 0. The molecule has 0 bridgehead atoms. The number of ketones is 1. The van der Waals surface area contributed by atoms with Gasteiger partial charge in [0.2, 0.25) is 6.04 Å². The highest BCUT2D eigenvalue weighted by Crippen LogP contribution is 2.16. The maximum absolute atomic E-state index is 11.6.